The number of anilines is 1. The van der Waals surface area contributed by atoms with Gasteiger partial charge in [-0.05, 0) is 49.6 Å². The quantitative estimate of drug-likeness (QED) is 0.929. The predicted octanol–water partition coefficient (Wildman–Crippen LogP) is 1.94. The first-order valence-corrected chi connectivity index (χ1v) is 7.49. The second-order valence-corrected chi connectivity index (χ2v) is 5.55. The van der Waals surface area contributed by atoms with Gasteiger partial charge in [0.15, 0.2) is 5.82 Å². The van der Waals surface area contributed by atoms with Crippen LogP contribution in [-0.2, 0) is 6.54 Å². The molecule has 0 aliphatic carbocycles. The van der Waals surface area contributed by atoms with Crippen molar-refractivity contribution in [2.24, 2.45) is 0 Å². The van der Waals surface area contributed by atoms with Crippen LogP contribution >= 0.6 is 0 Å². The summed E-state index contributed by atoms with van der Waals surface area (Å²) < 4.78 is 0. The van der Waals surface area contributed by atoms with E-state index in [0.29, 0.717) is 6.04 Å². The molecule has 0 spiro atoms. The molecule has 0 aromatic carbocycles. The number of nitrogens with one attached hydrogen (secondary N) is 1. The Balaban J connectivity index is 1.57. The van der Waals surface area contributed by atoms with Crippen LogP contribution in [0.4, 0.5) is 5.82 Å². The van der Waals surface area contributed by atoms with E-state index in [2.05, 4.69) is 43.6 Å². The van der Waals surface area contributed by atoms with Gasteiger partial charge in [0, 0.05) is 38.1 Å². The number of pyridine rings is 1. The molecule has 21 heavy (non-hydrogen) atoms. The smallest absolute Gasteiger partial charge is 0.151 e. The van der Waals surface area contributed by atoms with Crippen LogP contribution in [0.15, 0.2) is 36.7 Å². The van der Waals surface area contributed by atoms with Gasteiger partial charge in [-0.3, -0.25) is 4.98 Å². The molecule has 1 aliphatic heterocycles. The molecule has 1 aliphatic rings. The van der Waals surface area contributed by atoms with Crippen molar-refractivity contribution in [3.63, 3.8) is 0 Å². The van der Waals surface area contributed by atoms with Gasteiger partial charge in [-0.25, -0.2) is 0 Å². The first kappa shape index (κ1) is 13.9. The minimum absolute atomic E-state index is 0.495. The summed E-state index contributed by atoms with van der Waals surface area (Å²) in [6, 6.07) is 8.69. The van der Waals surface area contributed by atoms with Crippen molar-refractivity contribution in [1.82, 2.24) is 20.5 Å². The molecular weight excluding hydrogens is 262 g/mol. The molecule has 3 heterocycles. The number of hydrogen-bond acceptors (Lipinski definition) is 5. The molecule has 0 bridgehead atoms. The Bertz CT molecular complexity index is 555. The van der Waals surface area contributed by atoms with E-state index >= 15 is 0 Å². The lowest BCUT2D eigenvalue weighted by Crippen LogP contribution is -2.45. The lowest BCUT2D eigenvalue weighted by molar-refractivity contribution is 0.419. The molecule has 2 aromatic rings. The number of aromatic nitrogens is 3. The van der Waals surface area contributed by atoms with E-state index in [1.165, 1.54) is 18.4 Å². The largest absolute Gasteiger partial charge is 0.354 e. The summed E-state index contributed by atoms with van der Waals surface area (Å²) in [7, 11) is 0. The van der Waals surface area contributed by atoms with Gasteiger partial charge in [-0.2, -0.15) is 5.10 Å². The monoisotopic (exact) mass is 283 g/mol. The van der Waals surface area contributed by atoms with E-state index in [1.807, 2.05) is 25.4 Å². The fraction of sp³-hybridized carbons (Fsp3) is 0.438. The maximum atomic E-state index is 4.29. The average Bonchev–Trinajstić information content (AvgIpc) is 2.55. The van der Waals surface area contributed by atoms with Crippen LogP contribution in [0.2, 0.25) is 0 Å². The molecule has 5 heteroatoms. The lowest BCUT2D eigenvalue weighted by atomic mass is 10.1. The molecule has 1 saturated heterocycles. The summed E-state index contributed by atoms with van der Waals surface area (Å²) in [5.41, 5.74) is 2.24. The summed E-state index contributed by atoms with van der Waals surface area (Å²) in [4.78, 5) is 6.37. The van der Waals surface area contributed by atoms with Crippen molar-refractivity contribution >= 4 is 5.82 Å². The molecule has 0 radical (unpaired) electrons. The topological polar surface area (TPSA) is 53.9 Å². The number of hydrogen-bond donors (Lipinski definition) is 1. The van der Waals surface area contributed by atoms with Crippen LogP contribution in [0.5, 0.6) is 0 Å². The zero-order chi connectivity index (χ0) is 14.5. The Morgan fingerprint density at radius 3 is 2.81 bits per heavy atom. The Morgan fingerprint density at radius 1 is 1.19 bits per heavy atom. The molecule has 1 unspecified atom stereocenters. The SMILES string of the molecule is Cc1ccc(N2CCCC(NCc3ccncc3)C2)nn1. The Morgan fingerprint density at radius 2 is 2.05 bits per heavy atom. The minimum atomic E-state index is 0.495. The fourth-order valence-electron chi connectivity index (χ4n) is 2.68. The first-order valence-electron chi connectivity index (χ1n) is 7.49. The molecule has 0 amide bonds. The van der Waals surface area contributed by atoms with Crippen LogP contribution in [0.25, 0.3) is 0 Å². The Hall–Kier alpha value is -2.01. The average molecular weight is 283 g/mol. The number of rotatable bonds is 4. The van der Waals surface area contributed by atoms with Crippen LogP contribution in [0, 0.1) is 6.92 Å². The third-order valence-electron chi connectivity index (χ3n) is 3.87. The lowest BCUT2D eigenvalue weighted by Gasteiger charge is -2.33. The predicted molar refractivity (Wildman–Crippen MR) is 83.1 cm³/mol. The second kappa shape index (κ2) is 6.63. The summed E-state index contributed by atoms with van der Waals surface area (Å²) >= 11 is 0. The zero-order valence-electron chi connectivity index (χ0n) is 12.4. The molecule has 3 rings (SSSR count). The van der Waals surface area contributed by atoms with Crippen LogP contribution in [0.1, 0.15) is 24.1 Å². The number of nitrogens with zero attached hydrogens (tertiary/aromatic N) is 4. The summed E-state index contributed by atoms with van der Waals surface area (Å²) in [5.74, 6) is 0.982. The van der Waals surface area contributed by atoms with Crippen LogP contribution in [0.3, 0.4) is 0 Å². The summed E-state index contributed by atoms with van der Waals surface area (Å²) in [6.45, 7) is 4.90. The molecule has 5 nitrogen and oxygen atoms in total. The second-order valence-electron chi connectivity index (χ2n) is 5.55. The number of piperidine rings is 1. The van der Waals surface area contributed by atoms with Crippen molar-refractivity contribution in [2.75, 3.05) is 18.0 Å². The molecular formula is C16H21N5. The Labute approximate surface area is 125 Å². The maximum Gasteiger partial charge on any atom is 0.151 e. The zero-order valence-corrected chi connectivity index (χ0v) is 12.4. The highest BCUT2D eigenvalue weighted by molar-refractivity contribution is 5.38. The van der Waals surface area contributed by atoms with E-state index in [4.69, 9.17) is 0 Å². The standard InChI is InChI=1S/C16H21N5/c1-13-4-5-16(20-19-13)21-10-2-3-15(12-21)18-11-14-6-8-17-9-7-14/h4-9,15,18H,2-3,10-12H2,1H3. The van der Waals surface area contributed by atoms with Crippen molar-refractivity contribution in [2.45, 2.75) is 32.4 Å². The van der Waals surface area contributed by atoms with Gasteiger partial charge in [-0.15, -0.1) is 5.10 Å². The maximum absolute atomic E-state index is 4.29. The van der Waals surface area contributed by atoms with Gasteiger partial charge in [0.25, 0.3) is 0 Å². The molecule has 110 valence electrons. The third-order valence-corrected chi connectivity index (χ3v) is 3.87. The van der Waals surface area contributed by atoms with E-state index < -0.39 is 0 Å². The van der Waals surface area contributed by atoms with Gasteiger partial charge in [-0.1, -0.05) is 0 Å². The van der Waals surface area contributed by atoms with Gasteiger partial charge in [0.1, 0.15) is 0 Å². The minimum Gasteiger partial charge on any atom is -0.354 e. The number of aryl methyl sites for hydroxylation is 1. The molecule has 1 N–H and O–H groups in total. The van der Waals surface area contributed by atoms with Crippen LogP contribution < -0.4 is 10.2 Å². The van der Waals surface area contributed by atoms with Crippen LogP contribution in [-0.4, -0.2) is 34.3 Å². The van der Waals surface area contributed by atoms with Crippen molar-refractivity contribution in [3.8, 4) is 0 Å². The van der Waals surface area contributed by atoms with Crippen molar-refractivity contribution < 1.29 is 0 Å². The third kappa shape index (κ3) is 3.76. The molecule has 1 fully saturated rings. The van der Waals surface area contributed by atoms with E-state index in [9.17, 15) is 0 Å². The van der Waals surface area contributed by atoms with Gasteiger partial charge >= 0.3 is 0 Å². The summed E-state index contributed by atoms with van der Waals surface area (Å²) in [5, 5.41) is 12.1. The van der Waals surface area contributed by atoms with E-state index in [-0.39, 0.29) is 0 Å². The van der Waals surface area contributed by atoms with Gasteiger partial charge in [0.05, 0.1) is 5.69 Å². The normalized spacial score (nSPS) is 18.7. The fourth-order valence-corrected chi connectivity index (χ4v) is 2.68. The molecule has 0 saturated carbocycles. The summed E-state index contributed by atoms with van der Waals surface area (Å²) in [6.07, 6.45) is 6.07. The Kier molecular flexibility index (Phi) is 4.40. The van der Waals surface area contributed by atoms with E-state index in [1.54, 1.807) is 0 Å². The highest BCUT2D eigenvalue weighted by atomic mass is 15.3. The molecule has 1 atom stereocenters. The van der Waals surface area contributed by atoms with Crippen molar-refractivity contribution in [1.29, 1.82) is 0 Å². The van der Waals surface area contributed by atoms with Gasteiger partial charge < -0.3 is 10.2 Å². The first-order chi connectivity index (χ1) is 10.3. The molecule has 2 aromatic heterocycles. The van der Waals surface area contributed by atoms with Gasteiger partial charge in [0.2, 0.25) is 0 Å². The van der Waals surface area contributed by atoms with E-state index in [0.717, 1.165) is 31.1 Å². The highest BCUT2D eigenvalue weighted by Gasteiger charge is 2.20. The highest BCUT2D eigenvalue weighted by Crippen LogP contribution is 2.17. The van der Waals surface area contributed by atoms with Crippen molar-refractivity contribution in [3.05, 3.63) is 47.9 Å².